The SMILES string of the molecule is CC(C)(C)c1cc(O)cc(Cl)c1.CC1=[C-]C(C)C(C)=C1C.C[Si]C.Cl.Cl.[Ti]. The first-order chi connectivity index (χ1) is 10.9. The van der Waals surface area contributed by atoms with Crippen molar-refractivity contribution in [2.45, 2.75) is 67.0 Å². The van der Waals surface area contributed by atoms with Gasteiger partial charge in [0.1, 0.15) is 5.75 Å². The maximum Gasteiger partial charge on any atom is 0.117 e. The minimum absolute atomic E-state index is 0. The third-order valence-electron chi connectivity index (χ3n) is 3.99. The predicted octanol–water partition coefficient (Wildman–Crippen LogP) is 7.69. The van der Waals surface area contributed by atoms with Crippen LogP contribution in [0.4, 0.5) is 0 Å². The number of benzene rings is 1. The zero-order chi connectivity index (χ0) is 19.1. The maximum absolute atomic E-state index is 9.27. The number of allylic oxidation sites excluding steroid dienone is 4. The molecule has 0 aromatic heterocycles. The molecule has 0 fully saturated rings. The quantitative estimate of drug-likeness (QED) is 0.295. The van der Waals surface area contributed by atoms with Crippen LogP contribution in [-0.4, -0.2) is 14.6 Å². The van der Waals surface area contributed by atoms with E-state index in [1.165, 1.54) is 22.8 Å². The number of hydrogen-bond donors (Lipinski definition) is 1. The summed E-state index contributed by atoms with van der Waals surface area (Å²) in [7, 11) is 1.08. The minimum Gasteiger partial charge on any atom is -0.508 e. The van der Waals surface area contributed by atoms with E-state index in [1.54, 1.807) is 6.07 Å². The van der Waals surface area contributed by atoms with Gasteiger partial charge in [0.15, 0.2) is 0 Å². The van der Waals surface area contributed by atoms with Crippen molar-refractivity contribution in [3.8, 4) is 5.75 Å². The van der Waals surface area contributed by atoms with E-state index in [-0.39, 0.29) is 57.7 Å². The molecule has 0 bridgehead atoms. The summed E-state index contributed by atoms with van der Waals surface area (Å²) >= 11 is 5.80. The molecule has 6 heteroatoms. The van der Waals surface area contributed by atoms with Crippen LogP contribution < -0.4 is 0 Å². The normalized spacial score (nSPS) is 14.9. The molecule has 154 valence electrons. The smallest absolute Gasteiger partial charge is 0.117 e. The second-order valence-electron chi connectivity index (χ2n) is 7.25. The fourth-order valence-corrected chi connectivity index (χ4v) is 2.40. The summed E-state index contributed by atoms with van der Waals surface area (Å²) in [4.78, 5) is 0. The number of hydrogen-bond acceptors (Lipinski definition) is 1. The number of phenols is 1. The molecule has 1 aliphatic carbocycles. The van der Waals surface area contributed by atoms with Crippen molar-refractivity contribution >= 4 is 45.9 Å². The van der Waals surface area contributed by atoms with Gasteiger partial charge in [0, 0.05) is 36.3 Å². The van der Waals surface area contributed by atoms with Crippen LogP contribution in [0.1, 0.15) is 54.0 Å². The van der Waals surface area contributed by atoms with E-state index in [9.17, 15) is 5.11 Å². The van der Waals surface area contributed by atoms with Crippen molar-refractivity contribution in [2.75, 3.05) is 0 Å². The van der Waals surface area contributed by atoms with Gasteiger partial charge in [-0.25, -0.2) is 5.57 Å². The summed E-state index contributed by atoms with van der Waals surface area (Å²) in [5.41, 5.74) is 5.32. The molecule has 0 saturated carbocycles. The molecule has 1 N–H and O–H groups in total. The van der Waals surface area contributed by atoms with E-state index in [2.05, 4.69) is 67.6 Å². The van der Waals surface area contributed by atoms with Crippen molar-refractivity contribution in [1.82, 2.24) is 0 Å². The van der Waals surface area contributed by atoms with Gasteiger partial charge in [-0.05, 0) is 29.2 Å². The zero-order valence-corrected chi connectivity index (χ0v) is 22.9. The molecule has 0 spiro atoms. The van der Waals surface area contributed by atoms with Crippen LogP contribution in [0, 0.1) is 12.0 Å². The van der Waals surface area contributed by atoms with Gasteiger partial charge in [-0.2, -0.15) is 11.1 Å². The first kappa shape index (κ1) is 34.8. The fraction of sp³-hybridized carbons (Fsp3) is 0.524. The Morgan fingerprint density at radius 3 is 1.70 bits per heavy atom. The predicted molar refractivity (Wildman–Crippen MR) is 124 cm³/mol. The molecule has 1 unspecified atom stereocenters. The second-order valence-corrected chi connectivity index (χ2v) is 8.68. The Bertz CT molecular complexity index is 588. The molecule has 2 radical (unpaired) electrons. The molecule has 1 aromatic rings. The monoisotopic (exact) mass is 483 g/mol. The Labute approximate surface area is 202 Å². The minimum atomic E-state index is 0. The molecule has 0 aliphatic heterocycles. The van der Waals surface area contributed by atoms with Crippen LogP contribution in [0.3, 0.4) is 0 Å². The first-order valence-electron chi connectivity index (χ1n) is 8.30. The third-order valence-corrected chi connectivity index (χ3v) is 4.20. The second kappa shape index (κ2) is 16.1. The van der Waals surface area contributed by atoms with E-state index in [0.717, 1.165) is 15.1 Å². The topological polar surface area (TPSA) is 20.2 Å². The van der Waals surface area contributed by atoms with E-state index in [4.69, 9.17) is 11.6 Å². The Hall–Kier alpha value is 0.301. The summed E-state index contributed by atoms with van der Waals surface area (Å²) in [6, 6.07) is 5.16. The van der Waals surface area contributed by atoms with Crippen LogP contribution in [0.15, 0.2) is 34.9 Å². The van der Waals surface area contributed by atoms with E-state index in [0.29, 0.717) is 10.9 Å². The van der Waals surface area contributed by atoms with Crippen LogP contribution >= 0.6 is 36.4 Å². The van der Waals surface area contributed by atoms with E-state index in [1.807, 2.05) is 6.07 Å². The molecule has 27 heavy (non-hydrogen) atoms. The fourth-order valence-electron chi connectivity index (χ4n) is 2.17. The van der Waals surface area contributed by atoms with E-state index < -0.39 is 0 Å². The van der Waals surface area contributed by atoms with Gasteiger partial charge in [0.2, 0.25) is 0 Å². The van der Waals surface area contributed by atoms with Gasteiger partial charge in [-0.1, -0.05) is 72.2 Å². The molecule has 0 heterocycles. The molecular formula is C21H34Cl3OSiTi-. The number of phenolic OH excluding ortho intramolecular Hbond substituents is 1. The van der Waals surface area contributed by atoms with Crippen LogP contribution in [-0.2, 0) is 27.1 Å². The van der Waals surface area contributed by atoms with Gasteiger partial charge in [-0.15, -0.1) is 31.7 Å². The molecule has 1 aliphatic rings. The first-order valence-corrected chi connectivity index (χ1v) is 10.7. The summed E-state index contributed by atoms with van der Waals surface area (Å²) in [6.45, 7) is 19.2. The maximum atomic E-state index is 9.27. The van der Waals surface area contributed by atoms with Gasteiger partial charge in [0.25, 0.3) is 0 Å². The molecule has 2 rings (SSSR count). The van der Waals surface area contributed by atoms with Crippen molar-refractivity contribution in [2.24, 2.45) is 5.92 Å². The standard InChI is InChI=1S/C10H13ClO.C9H13.C2H6Si.2ClH.Ti/c1-10(2,3)7-4-8(11)6-9(12)5-7;1-6-5-7(2)9(4)8(6)3;1-3-2;;;/h4-6,12H,1-3H3;6H,1-4H3;1-2H3;2*1H;/q;-1;;;;. The zero-order valence-electron chi connectivity index (χ0n) is 18.0. The number of aromatic hydroxyl groups is 1. The Morgan fingerprint density at radius 2 is 1.48 bits per heavy atom. The summed E-state index contributed by atoms with van der Waals surface area (Å²) in [6.07, 6.45) is 3.36. The number of halogens is 3. The average molecular weight is 485 g/mol. The van der Waals surface area contributed by atoms with Crippen molar-refractivity contribution in [3.63, 3.8) is 0 Å². The average Bonchev–Trinajstić information content (AvgIpc) is 2.65. The Kier molecular flexibility index (Phi) is 20.8. The molecule has 1 aromatic carbocycles. The van der Waals surface area contributed by atoms with Gasteiger partial charge in [0.05, 0.1) is 0 Å². The van der Waals surface area contributed by atoms with Gasteiger partial charge >= 0.3 is 0 Å². The molecule has 0 amide bonds. The summed E-state index contributed by atoms with van der Waals surface area (Å²) in [5, 5.41) is 9.86. The molecule has 1 nitrogen and oxygen atoms in total. The molecular weight excluding hydrogens is 451 g/mol. The van der Waals surface area contributed by atoms with Crippen molar-refractivity contribution in [3.05, 3.63) is 51.6 Å². The van der Waals surface area contributed by atoms with Crippen LogP contribution in [0.25, 0.3) is 0 Å². The molecule has 1 atom stereocenters. The Balaban J connectivity index is -0.000000159. The Morgan fingerprint density at radius 1 is 1.04 bits per heavy atom. The van der Waals surface area contributed by atoms with Crippen LogP contribution in [0.2, 0.25) is 18.1 Å². The van der Waals surface area contributed by atoms with Gasteiger partial charge < -0.3 is 5.11 Å². The van der Waals surface area contributed by atoms with E-state index >= 15 is 0 Å². The third kappa shape index (κ3) is 13.2. The van der Waals surface area contributed by atoms with Crippen LogP contribution in [0.5, 0.6) is 5.75 Å². The van der Waals surface area contributed by atoms with Gasteiger partial charge in [-0.3, -0.25) is 6.08 Å². The largest absolute Gasteiger partial charge is 0.508 e. The summed E-state index contributed by atoms with van der Waals surface area (Å²) in [5.74, 6) is 0.789. The van der Waals surface area contributed by atoms with Crippen molar-refractivity contribution in [1.29, 1.82) is 0 Å². The summed E-state index contributed by atoms with van der Waals surface area (Å²) < 4.78 is 0. The molecule has 0 saturated heterocycles. The van der Waals surface area contributed by atoms with Crippen molar-refractivity contribution < 1.29 is 26.8 Å². The number of rotatable bonds is 0.